The molecule has 2 aliphatic rings. The van der Waals surface area contributed by atoms with Crippen molar-refractivity contribution in [3.63, 3.8) is 0 Å². The lowest BCUT2D eigenvalue weighted by Gasteiger charge is -1.99. The Morgan fingerprint density at radius 1 is 1.00 bits per heavy atom. The number of rotatable bonds is 4. The summed E-state index contributed by atoms with van der Waals surface area (Å²) in [7, 11) is -2.01. The predicted octanol–water partition coefficient (Wildman–Crippen LogP) is 1.25. The molecule has 2 aliphatic heterocycles. The standard InChI is InChI=1S/C8H14O5P/c9-14(12-7-1-3-10-5-7)13-8-2-4-11-6-8/h7-8H,1-6H2/q+1. The lowest BCUT2D eigenvalue weighted by atomic mass is 10.3. The SMILES string of the molecule is O=[P+](OC1CCOC1)OC1CCOC1. The van der Waals surface area contributed by atoms with Crippen LogP contribution in [0.3, 0.4) is 0 Å². The fraction of sp³-hybridized carbons (Fsp3) is 1.00. The fourth-order valence-corrected chi connectivity index (χ4v) is 2.33. The summed E-state index contributed by atoms with van der Waals surface area (Å²) >= 11 is 0. The lowest BCUT2D eigenvalue weighted by molar-refractivity contribution is 0.100. The van der Waals surface area contributed by atoms with Crippen LogP contribution >= 0.6 is 8.25 Å². The van der Waals surface area contributed by atoms with E-state index in [1.807, 2.05) is 0 Å². The molecule has 2 heterocycles. The molecule has 5 nitrogen and oxygen atoms in total. The van der Waals surface area contributed by atoms with Crippen LogP contribution < -0.4 is 0 Å². The Labute approximate surface area is 83.6 Å². The van der Waals surface area contributed by atoms with Crippen LogP contribution in [0, 0.1) is 0 Å². The molecule has 0 saturated carbocycles. The minimum Gasteiger partial charge on any atom is -0.378 e. The van der Waals surface area contributed by atoms with Crippen molar-refractivity contribution in [1.82, 2.24) is 0 Å². The van der Waals surface area contributed by atoms with Gasteiger partial charge in [0.25, 0.3) is 0 Å². The quantitative estimate of drug-likeness (QED) is 0.669. The van der Waals surface area contributed by atoms with E-state index in [-0.39, 0.29) is 12.2 Å². The summed E-state index contributed by atoms with van der Waals surface area (Å²) in [6, 6.07) is 0. The van der Waals surface area contributed by atoms with Gasteiger partial charge in [-0.05, 0) is 0 Å². The first-order chi connectivity index (χ1) is 6.84. The first-order valence-electron chi connectivity index (χ1n) is 4.81. The predicted molar refractivity (Wildman–Crippen MR) is 48.2 cm³/mol. The highest BCUT2D eigenvalue weighted by atomic mass is 31.1. The second-order valence-electron chi connectivity index (χ2n) is 3.41. The Bertz CT molecular complexity index is 178. The van der Waals surface area contributed by atoms with Gasteiger partial charge in [0, 0.05) is 30.6 Å². The third-order valence-electron chi connectivity index (χ3n) is 2.25. The monoisotopic (exact) mass is 221 g/mol. The van der Waals surface area contributed by atoms with E-state index in [9.17, 15) is 4.57 Å². The van der Waals surface area contributed by atoms with Gasteiger partial charge in [-0.3, -0.25) is 0 Å². The molecule has 2 unspecified atom stereocenters. The summed E-state index contributed by atoms with van der Waals surface area (Å²) in [6.07, 6.45) is 1.46. The zero-order valence-corrected chi connectivity index (χ0v) is 8.78. The molecule has 6 heteroatoms. The maximum Gasteiger partial charge on any atom is 0.698 e. The van der Waals surface area contributed by atoms with Crippen LogP contribution in [0.1, 0.15) is 12.8 Å². The van der Waals surface area contributed by atoms with Gasteiger partial charge < -0.3 is 9.47 Å². The normalized spacial score (nSPS) is 33.6. The lowest BCUT2D eigenvalue weighted by Crippen LogP contribution is -2.12. The van der Waals surface area contributed by atoms with Crippen molar-refractivity contribution >= 4 is 8.25 Å². The van der Waals surface area contributed by atoms with Crippen LogP contribution in [0.25, 0.3) is 0 Å². The third kappa shape index (κ3) is 2.97. The fourth-order valence-electron chi connectivity index (χ4n) is 1.46. The average molecular weight is 221 g/mol. The Morgan fingerprint density at radius 3 is 1.86 bits per heavy atom. The Kier molecular flexibility index (Phi) is 3.84. The summed E-state index contributed by atoms with van der Waals surface area (Å²) < 4.78 is 31.9. The average Bonchev–Trinajstić information content (AvgIpc) is 2.76. The van der Waals surface area contributed by atoms with Crippen molar-refractivity contribution < 1.29 is 23.1 Å². The molecule has 2 fully saturated rings. The molecule has 0 spiro atoms. The molecule has 0 aromatic heterocycles. The Morgan fingerprint density at radius 2 is 1.50 bits per heavy atom. The molecule has 0 radical (unpaired) electrons. The molecule has 80 valence electrons. The van der Waals surface area contributed by atoms with Crippen molar-refractivity contribution in [2.45, 2.75) is 25.0 Å². The first kappa shape index (κ1) is 10.5. The highest BCUT2D eigenvalue weighted by Crippen LogP contribution is 2.32. The minimum absolute atomic E-state index is 0.0686. The zero-order chi connectivity index (χ0) is 9.80. The van der Waals surface area contributed by atoms with Gasteiger partial charge in [0.2, 0.25) is 0 Å². The summed E-state index contributed by atoms with van der Waals surface area (Å²) in [5.74, 6) is 0. The van der Waals surface area contributed by atoms with Crippen LogP contribution in [0.5, 0.6) is 0 Å². The summed E-state index contributed by atoms with van der Waals surface area (Å²) in [4.78, 5) is 0. The highest BCUT2D eigenvalue weighted by Gasteiger charge is 2.34. The van der Waals surface area contributed by atoms with E-state index in [1.54, 1.807) is 0 Å². The van der Waals surface area contributed by atoms with Gasteiger partial charge in [-0.15, -0.1) is 9.05 Å². The summed E-state index contributed by atoms with van der Waals surface area (Å²) in [5, 5.41) is 0. The van der Waals surface area contributed by atoms with Crippen molar-refractivity contribution in [3.05, 3.63) is 0 Å². The van der Waals surface area contributed by atoms with Crippen LogP contribution in [-0.4, -0.2) is 38.6 Å². The molecule has 0 N–H and O–H groups in total. The maximum atomic E-state index is 11.3. The topological polar surface area (TPSA) is 54.0 Å². The molecule has 2 saturated heterocycles. The smallest absolute Gasteiger partial charge is 0.378 e. The third-order valence-corrected chi connectivity index (χ3v) is 3.19. The van der Waals surface area contributed by atoms with Crippen molar-refractivity contribution in [1.29, 1.82) is 0 Å². The van der Waals surface area contributed by atoms with E-state index < -0.39 is 8.25 Å². The largest absolute Gasteiger partial charge is 0.698 e. The number of hydrogen-bond donors (Lipinski definition) is 0. The molecule has 0 aromatic carbocycles. The Hall–Kier alpha value is -0.0600. The van der Waals surface area contributed by atoms with Crippen molar-refractivity contribution in [3.8, 4) is 0 Å². The van der Waals surface area contributed by atoms with Gasteiger partial charge in [-0.25, -0.2) is 0 Å². The van der Waals surface area contributed by atoms with Gasteiger partial charge in [-0.1, -0.05) is 0 Å². The van der Waals surface area contributed by atoms with Gasteiger partial charge in [0.1, 0.15) is 12.2 Å². The second kappa shape index (κ2) is 5.14. The molecule has 0 aliphatic carbocycles. The van der Waals surface area contributed by atoms with Gasteiger partial charge in [-0.2, -0.15) is 0 Å². The maximum absolute atomic E-state index is 11.3. The molecule has 0 aromatic rings. The van der Waals surface area contributed by atoms with Crippen molar-refractivity contribution in [2.75, 3.05) is 26.4 Å². The first-order valence-corrected chi connectivity index (χ1v) is 5.90. The Balaban J connectivity index is 1.66. The molecule has 2 rings (SSSR count). The van der Waals surface area contributed by atoms with Crippen LogP contribution in [0.4, 0.5) is 0 Å². The van der Waals surface area contributed by atoms with Gasteiger partial charge in [0.05, 0.1) is 13.2 Å². The van der Waals surface area contributed by atoms with E-state index in [2.05, 4.69) is 0 Å². The van der Waals surface area contributed by atoms with Crippen LogP contribution in [-0.2, 0) is 23.1 Å². The van der Waals surface area contributed by atoms with Gasteiger partial charge in [0.15, 0.2) is 0 Å². The van der Waals surface area contributed by atoms with E-state index >= 15 is 0 Å². The molecule has 0 amide bonds. The van der Waals surface area contributed by atoms with Gasteiger partial charge >= 0.3 is 8.25 Å². The summed E-state index contributed by atoms with van der Waals surface area (Å²) in [5.41, 5.74) is 0. The molecule has 2 atom stereocenters. The number of hydrogen-bond acceptors (Lipinski definition) is 5. The van der Waals surface area contributed by atoms with E-state index in [0.717, 1.165) is 12.8 Å². The molecule has 14 heavy (non-hydrogen) atoms. The van der Waals surface area contributed by atoms with E-state index in [1.165, 1.54) is 0 Å². The van der Waals surface area contributed by atoms with Crippen LogP contribution in [0.2, 0.25) is 0 Å². The summed E-state index contributed by atoms with van der Waals surface area (Å²) in [6.45, 7) is 2.40. The highest BCUT2D eigenvalue weighted by molar-refractivity contribution is 7.33. The second-order valence-corrected chi connectivity index (χ2v) is 4.27. The molecular weight excluding hydrogens is 207 g/mol. The molecular formula is C8H14O5P+. The zero-order valence-electron chi connectivity index (χ0n) is 7.89. The number of ether oxygens (including phenoxy) is 2. The van der Waals surface area contributed by atoms with Crippen LogP contribution in [0.15, 0.2) is 0 Å². The minimum atomic E-state index is -2.01. The molecule has 0 bridgehead atoms. The van der Waals surface area contributed by atoms with E-state index in [0.29, 0.717) is 26.4 Å². The van der Waals surface area contributed by atoms with Crippen molar-refractivity contribution in [2.24, 2.45) is 0 Å². The van der Waals surface area contributed by atoms with E-state index in [4.69, 9.17) is 18.5 Å².